The van der Waals surface area contributed by atoms with Gasteiger partial charge in [-0.3, -0.25) is 4.79 Å². The summed E-state index contributed by atoms with van der Waals surface area (Å²) in [6.07, 6.45) is 2.36. The zero-order valence-corrected chi connectivity index (χ0v) is 10.6. The molecule has 0 aliphatic carbocycles. The number of benzene rings is 1. The first kappa shape index (κ1) is 13.9. The summed E-state index contributed by atoms with van der Waals surface area (Å²) >= 11 is 0. The smallest absolute Gasteiger partial charge is 0.223 e. The van der Waals surface area contributed by atoms with Gasteiger partial charge in [0.2, 0.25) is 5.91 Å². The van der Waals surface area contributed by atoms with Gasteiger partial charge >= 0.3 is 0 Å². The lowest BCUT2D eigenvalue weighted by Gasteiger charge is -2.23. The molecule has 1 aromatic carbocycles. The molecule has 0 saturated carbocycles. The molecule has 0 bridgehead atoms. The van der Waals surface area contributed by atoms with Crippen LogP contribution in [0.15, 0.2) is 18.2 Å². The molecule has 19 heavy (non-hydrogen) atoms. The van der Waals surface area contributed by atoms with Gasteiger partial charge in [0.15, 0.2) is 11.6 Å². The van der Waals surface area contributed by atoms with Gasteiger partial charge in [-0.05, 0) is 37.0 Å². The van der Waals surface area contributed by atoms with Crippen molar-refractivity contribution < 1.29 is 18.7 Å². The Morgan fingerprint density at radius 2 is 2.16 bits per heavy atom. The van der Waals surface area contributed by atoms with Crippen molar-refractivity contribution >= 4 is 5.91 Å². The molecule has 104 valence electrons. The molecule has 1 amide bonds. The maximum Gasteiger partial charge on any atom is 0.223 e. The van der Waals surface area contributed by atoms with Gasteiger partial charge in [0.1, 0.15) is 0 Å². The van der Waals surface area contributed by atoms with E-state index in [1.165, 1.54) is 6.07 Å². The summed E-state index contributed by atoms with van der Waals surface area (Å²) in [5.74, 6) is -1.81. The van der Waals surface area contributed by atoms with E-state index in [2.05, 4.69) is 0 Å². The molecule has 1 heterocycles. The summed E-state index contributed by atoms with van der Waals surface area (Å²) in [6, 6.07) is 3.59. The van der Waals surface area contributed by atoms with Crippen molar-refractivity contribution in [3.63, 3.8) is 0 Å². The molecule has 3 nitrogen and oxygen atoms in total. The first-order chi connectivity index (χ1) is 9.11. The van der Waals surface area contributed by atoms with E-state index in [0.717, 1.165) is 25.0 Å². The number of aliphatic hydroxyl groups excluding tert-OH is 1. The zero-order valence-electron chi connectivity index (χ0n) is 10.6. The third-order valence-electron chi connectivity index (χ3n) is 3.52. The second kappa shape index (κ2) is 6.10. The molecule has 1 fully saturated rings. The fourth-order valence-electron chi connectivity index (χ4n) is 2.44. The summed E-state index contributed by atoms with van der Waals surface area (Å²) in [6.45, 7) is 0.652. The number of hydrogen-bond donors (Lipinski definition) is 1. The average molecular weight is 269 g/mol. The number of nitrogens with zero attached hydrogens (tertiary/aromatic N) is 1. The largest absolute Gasteiger partial charge is 0.394 e. The molecule has 0 aromatic heterocycles. The highest BCUT2D eigenvalue weighted by Gasteiger charge is 2.27. The number of carbonyl (C=O) groups is 1. The number of halogens is 2. The highest BCUT2D eigenvalue weighted by atomic mass is 19.2. The van der Waals surface area contributed by atoms with Gasteiger partial charge < -0.3 is 10.0 Å². The van der Waals surface area contributed by atoms with Crippen LogP contribution in [-0.2, 0) is 11.2 Å². The lowest BCUT2D eigenvalue weighted by atomic mass is 10.1. The quantitative estimate of drug-likeness (QED) is 0.906. The summed E-state index contributed by atoms with van der Waals surface area (Å²) in [4.78, 5) is 13.7. The predicted molar refractivity (Wildman–Crippen MR) is 66.5 cm³/mol. The summed E-state index contributed by atoms with van der Waals surface area (Å²) < 4.78 is 25.8. The van der Waals surface area contributed by atoms with Crippen LogP contribution in [0.2, 0.25) is 0 Å². The van der Waals surface area contributed by atoms with E-state index >= 15 is 0 Å². The van der Waals surface area contributed by atoms with Gasteiger partial charge in [0, 0.05) is 13.0 Å². The van der Waals surface area contributed by atoms with Crippen molar-refractivity contribution in [3.8, 4) is 0 Å². The Balaban J connectivity index is 1.91. The SMILES string of the molecule is O=C(CCc1ccc(F)c(F)c1)N1CCC[C@H]1CO. The molecule has 0 unspecified atom stereocenters. The third kappa shape index (κ3) is 3.29. The standard InChI is InChI=1S/C14H17F2NO2/c15-12-5-3-10(8-13(12)16)4-6-14(19)17-7-1-2-11(17)9-18/h3,5,8,11,18H,1-2,4,6-7,9H2/t11-/m0/s1. The van der Waals surface area contributed by atoms with Gasteiger partial charge in [-0.15, -0.1) is 0 Å². The first-order valence-electron chi connectivity index (χ1n) is 6.46. The minimum Gasteiger partial charge on any atom is -0.394 e. The lowest BCUT2D eigenvalue weighted by molar-refractivity contribution is -0.132. The number of aliphatic hydroxyl groups is 1. The van der Waals surface area contributed by atoms with Crippen molar-refractivity contribution in [3.05, 3.63) is 35.4 Å². The van der Waals surface area contributed by atoms with Gasteiger partial charge in [0.25, 0.3) is 0 Å². The normalized spacial score (nSPS) is 18.9. The molecule has 1 N–H and O–H groups in total. The van der Waals surface area contributed by atoms with E-state index in [1.807, 2.05) is 0 Å². The Labute approximate surface area is 110 Å². The van der Waals surface area contributed by atoms with Gasteiger partial charge in [-0.25, -0.2) is 8.78 Å². The van der Waals surface area contributed by atoms with E-state index in [0.29, 0.717) is 18.5 Å². The summed E-state index contributed by atoms with van der Waals surface area (Å²) in [5, 5.41) is 9.15. The molecule has 5 heteroatoms. The molecule has 0 spiro atoms. The van der Waals surface area contributed by atoms with E-state index in [-0.39, 0.29) is 25.0 Å². The zero-order chi connectivity index (χ0) is 13.8. The molecule has 1 atom stereocenters. The van der Waals surface area contributed by atoms with Gasteiger partial charge in [-0.2, -0.15) is 0 Å². The van der Waals surface area contributed by atoms with Crippen LogP contribution in [0.25, 0.3) is 0 Å². The van der Waals surface area contributed by atoms with Crippen molar-refractivity contribution in [2.75, 3.05) is 13.2 Å². The molecule has 0 radical (unpaired) electrons. The fourth-order valence-corrected chi connectivity index (χ4v) is 2.44. The minimum atomic E-state index is -0.889. The Bertz CT molecular complexity index is 465. The number of likely N-dealkylation sites (tertiary alicyclic amines) is 1. The molecule has 1 saturated heterocycles. The molecule has 1 aromatic rings. The Morgan fingerprint density at radius 3 is 2.84 bits per heavy atom. The van der Waals surface area contributed by atoms with Crippen molar-refractivity contribution in [1.82, 2.24) is 4.90 Å². The van der Waals surface area contributed by atoms with Gasteiger partial charge in [0.05, 0.1) is 12.6 Å². The summed E-state index contributed by atoms with van der Waals surface area (Å²) in [5.41, 5.74) is 0.604. The second-order valence-electron chi connectivity index (χ2n) is 4.81. The Hall–Kier alpha value is -1.49. The maximum absolute atomic E-state index is 13.0. The van der Waals surface area contributed by atoms with Crippen LogP contribution in [0.5, 0.6) is 0 Å². The van der Waals surface area contributed by atoms with E-state index in [1.54, 1.807) is 4.90 Å². The Morgan fingerprint density at radius 1 is 1.37 bits per heavy atom. The number of hydrogen-bond acceptors (Lipinski definition) is 2. The maximum atomic E-state index is 13.0. The first-order valence-corrected chi connectivity index (χ1v) is 6.46. The van der Waals surface area contributed by atoms with Crippen molar-refractivity contribution in [2.45, 2.75) is 31.7 Å². The number of amides is 1. The van der Waals surface area contributed by atoms with Crippen LogP contribution < -0.4 is 0 Å². The van der Waals surface area contributed by atoms with Crippen molar-refractivity contribution in [1.29, 1.82) is 0 Å². The van der Waals surface area contributed by atoms with Crippen LogP contribution in [0.1, 0.15) is 24.8 Å². The predicted octanol–water partition coefficient (Wildman–Crippen LogP) is 1.88. The third-order valence-corrected chi connectivity index (χ3v) is 3.52. The van der Waals surface area contributed by atoms with Crippen LogP contribution in [0, 0.1) is 11.6 Å². The highest BCUT2D eigenvalue weighted by molar-refractivity contribution is 5.77. The number of carbonyl (C=O) groups excluding carboxylic acids is 1. The van der Waals surface area contributed by atoms with Crippen LogP contribution >= 0.6 is 0 Å². The second-order valence-corrected chi connectivity index (χ2v) is 4.81. The fraction of sp³-hybridized carbons (Fsp3) is 0.500. The number of rotatable bonds is 4. The minimum absolute atomic E-state index is 0.0169. The highest BCUT2D eigenvalue weighted by Crippen LogP contribution is 2.18. The van der Waals surface area contributed by atoms with Crippen LogP contribution in [0.4, 0.5) is 8.78 Å². The average Bonchev–Trinajstić information content (AvgIpc) is 2.88. The molecule has 2 rings (SSSR count). The van der Waals surface area contributed by atoms with E-state index < -0.39 is 11.6 Å². The number of aryl methyl sites for hydroxylation is 1. The lowest BCUT2D eigenvalue weighted by Crippen LogP contribution is -2.37. The monoisotopic (exact) mass is 269 g/mol. The van der Waals surface area contributed by atoms with Gasteiger partial charge in [-0.1, -0.05) is 6.07 Å². The molecule has 1 aliphatic rings. The van der Waals surface area contributed by atoms with E-state index in [4.69, 9.17) is 5.11 Å². The van der Waals surface area contributed by atoms with Crippen molar-refractivity contribution in [2.24, 2.45) is 0 Å². The van der Waals surface area contributed by atoms with Crippen LogP contribution in [-0.4, -0.2) is 35.1 Å². The van der Waals surface area contributed by atoms with E-state index in [9.17, 15) is 13.6 Å². The Kier molecular flexibility index (Phi) is 4.47. The molecular weight excluding hydrogens is 252 g/mol. The molecular formula is C14H17F2NO2. The van der Waals surface area contributed by atoms with Crippen LogP contribution in [0.3, 0.4) is 0 Å². The topological polar surface area (TPSA) is 40.5 Å². The molecule has 1 aliphatic heterocycles. The summed E-state index contributed by atoms with van der Waals surface area (Å²) in [7, 11) is 0.